The van der Waals surface area contributed by atoms with Crippen LogP contribution in [0.5, 0.6) is 5.75 Å². The zero-order valence-corrected chi connectivity index (χ0v) is 12.5. The standard InChI is InChI=1S/C16H16N2O4/c1-10-4-5-11(2)14(8-10)17-16(19)13-9-12(22-3)6-7-15(13)18(20)21/h4-9H,1-3H3,(H,17,19). The summed E-state index contributed by atoms with van der Waals surface area (Å²) >= 11 is 0. The van der Waals surface area contributed by atoms with Gasteiger partial charge in [0, 0.05) is 11.8 Å². The number of nitro benzene ring substituents is 1. The highest BCUT2D eigenvalue weighted by Gasteiger charge is 2.21. The third kappa shape index (κ3) is 3.22. The number of nitrogens with one attached hydrogen (secondary N) is 1. The summed E-state index contributed by atoms with van der Waals surface area (Å²) in [4.78, 5) is 22.9. The molecule has 0 spiro atoms. The first-order chi connectivity index (χ1) is 10.4. The minimum atomic E-state index is -0.586. The topological polar surface area (TPSA) is 81.5 Å². The Bertz CT molecular complexity index is 741. The molecule has 114 valence electrons. The van der Waals surface area contributed by atoms with E-state index in [2.05, 4.69) is 5.32 Å². The van der Waals surface area contributed by atoms with Gasteiger partial charge in [0.05, 0.1) is 12.0 Å². The van der Waals surface area contributed by atoms with E-state index in [0.717, 1.165) is 11.1 Å². The summed E-state index contributed by atoms with van der Waals surface area (Å²) in [7, 11) is 1.44. The van der Waals surface area contributed by atoms with Crippen LogP contribution >= 0.6 is 0 Å². The van der Waals surface area contributed by atoms with E-state index in [4.69, 9.17) is 4.74 Å². The molecule has 2 rings (SSSR count). The number of hydrogen-bond acceptors (Lipinski definition) is 4. The van der Waals surface area contributed by atoms with E-state index in [9.17, 15) is 14.9 Å². The fourth-order valence-electron chi connectivity index (χ4n) is 2.04. The predicted octanol–water partition coefficient (Wildman–Crippen LogP) is 3.47. The van der Waals surface area contributed by atoms with Gasteiger partial charge in [-0.1, -0.05) is 12.1 Å². The van der Waals surface area contributed by atoms with Crippen molar-refractivity contribution in [2.45, 2.75) is 13.8 Å². The Morgan fingerprint density at radius 1 is 1.18 bits per heavy atom. The van der Waals surface area contributed by atoms with Crippen molar-refractivity contribution >= 4 is 17.3 Å². The zero-order valence-electron chi connectivity index (χ0n) is 12.5. The maximum Gasteiger partial charge on any atom is 0.282 e. The van der Waals surface area contributed by atoms with Crippen LogP contribution in [-0.4, -0.2) is 17.9 Å². The van der Waals surface area contributed by atoms with Crippen molar-refractivity contribution in [2.75, 3.05) is 12.4 Å². The lowest BCUT2D eigenvalue weighted by Gasteiger charge is -2.10. The minimum absolute atomic E-state index is 0.0368. The Labute approximate surface area is 127 Å². The van der Waals surface area contributed by atoms with Gasteiger partial charge in [-0.2, -0.15) is 0 Å². The summed E-state index contributed by atoms with van der Waals surface area (Å²) in [6, 6.07) is 9.70. The van der Waals surface area contributed by atoms with Gasteiger partial charge in [0.2, 0.25) is 0 Å². The van der Waals surface area contributed by atoms with Crippen molar-refractivity contribution in [3.63, 3.8) is 0 Å². The maximum atomic E-state index is 12.4. The van der Waals surface area contributed by atoms with Gasteiger partial charge in [-0.25, -0.2) is 0 Å². The highest BCUT2D eigenvalue weighted by atomic mass is 16.6. The molecule has 2 aromatic rings. The molecule has 0 saturated heterocycles. The number of methoxy groups -OCH3 is 1. The molecule has 0 heterocycles. The van der Waals surface area contributed by atoms with Gasteiger partial charge >= 0.3 is 0 Å². The molecule has 6 nitrogen and oxygen atoms in total. The van der Waals surface area contributed by atoms with Crippen LogP contribution in [0.25, 0.3) is 0 Å². The van der Waals surface area contributed by atoms with Gasteiger partial charge in [0.25, 0.3) is 11.6 Å². The van der Waals surface area contributed by atoms with Crippen LogP contribution < -0.4 is 10.1 Å². The number of carbonyl (C=O) groups excluding carboxylic acids is 1. The first-order valence-corrected chi connectivity index (χ1v) is 6.63. The Morgan fingerprint density at radius 2 is 1.91 bits per heavy atom. The summed E-state index contributed by atoms with van der Waals surface area (Å²) in [6.07, 6.45) is 0. The average molecular weight is 300 g/mol. The Hall–Kier alpha value is -2.89. The molecule has 0 unspecified atom stereocenters. The number of anilines is 1. The van der Waals surface area contributed by atoms with Crippen LogP contribution in [0, 0.1) is 24.0 Å². The van der Waals surface area contributed by atoms with Crippen molar-refractivity contribution in [1.29, 1.82) is 0 Å². The van der Waals surface area contributed by atoms with Crippen LogP contribution in [0.1, 0.15) is 21.5 Å². The van der Waals surface area contributed by atoms with Crippen LogP contribution in [0.2, 0.25) is 0 Å². The van der Waals surface area contributed by atoms with E-state index < -0.39 is 10.8 Å². The van der Waals surface area contributed by atoms with Gasteiger partial charge in [-0.3, -0.25) is 14.9 Å². The Kier molecular flexibility index (Phi) is 4.41. The van der Waals surface area contributed by atoms with E-state index in [1.807, 2.05) is 32.0 Å². The first-order valence-electron chi connectivity index (χ1n) is 6.63. The molecule has 22 heavy (non-hydrogen) atoms. The van der Waals surface area contributed by atoms with E-state index in [0.29, 0.717) is 11.4 Å². The number of benzene rings is 2. The summed E-state index contributed by atoms with van der Waals surface area (Å²) in [5, 5.41) is 13.8. The lowest BCUT2D eigenvalue weighted by molar-refractivity contribution is -0.385. The molecule has 0 atom stereocenters. The molecule has 1 N–H and O–H groups in total. The van der Waals surface area contributed by atoms with Gasteiger partial charge in [-0.15, -0.1) is 0 Å². The molecule has 6 heteroatoms. The molecule has 2 aromatic carbocycles. The molecule has 0 aliphatic carbocycles. The summed E-state index contributed by atoms with van der Waals surface area (Å²) in [5.74, 6) is -0.156. The van der Waals surface area contributed by atoms with Crippen molar-refractivity contribution in [1.82, 2.24) is 0 Å². The third-order valence-corrected chi connectivity index (χ3v) is 3.29. The number of carbonyl (C=O) groups is 1. The van der Waals surface area contributed by atoms with Gasteiger partial charge in [0.15, 0.2) is 0 Å². The minimum Gasteiger partial charge on any atom is -0.497 e. The van der Waals surface area contributed by atoms with E-state index in [1.54, 1.807) is 0 Å². The highest BCUT2D eigenvalue weighted by molar-refractivity contribution is 6.07. The molecule has 0 fully saturated rings. The number of aryl methyl sites for hydroxylation is 2. The number of hydrogen-bond donors (Lipinski definition) is 1. The molecule has 0 bridgehead atoms. The second-order valence-electron chi connectivity index (χ2n) is 4.91. The SMILES string of the molecule is COc1ccc([N+](=O)[O-])c(C(=O)Nc2cc(C)ccc2C)c1. The Balaban J connectivity index is 2.40. The lowest BCUT2D eigenvalue weighted by Crippen LogP contribution is -2.15. The van der Waals surface area contributed by atoms with Crippen LogP contribution in [0.3, 0.4) is 0 Å². The summed E-state index contributed by atoms with van der Waals surface area (Å²) < 4.78 is 5.03. The molecule has 0 saturated carbocycles. The monoisotopic (exact) mass is 300 g/mol. The number of nitrogens with zero attached hydrogens (tertiary/aromatic N) is 1. The van der Waals surface area contributed by atoms with Gasteiger partial charge in [0.1, 0.15) is 11.3 Å². The summed E-state index contributed by atoms with van der Waals surface area (Å²) in [6.45, 7) is 3.76. The Morgan fingerprint density at radius 3 is 2.55 bits per heavy atom. The lowest BCUT2D eigenvalue weighted by atomic mass is 10.1. The largest absolute Gasteiger partial charge is 0.497 e. The predicted molar refractivity (Wildman–Crippen MR) is 83.5 cm³/mol. The molecule has 0 aliphatic heterocycles. The second-order valence-corrected chi connectivity index (χ2v) is 4.91. The number of rotatable bonds is 4. The van der Waals surface area contributed by atoms with Gasteiger partial charge in [-0.05, 0) is 43.2 Å². The van der Waals surface area contributed by atoms with Crippen LogP contribution in [0.4, 0.5) is 11.4 Å². The quantitative estimate of drug-likeness (QED) is 0.692. The maximum absolute atomic E-state index is 12.4. The fraction of sp³-hybridized carbons (Fsp3) is 0.188. The highest BCUT2D eigenvalue weighted by Crippen LogP contribution is 2.26. The molecular weight excluding hydrogens is 284 g/mol. The van der Waals surface area contributed by atoms with E-state index >= 15 is 0 Å². The molecule has 0 radical (unpaired) electrons. The average Bonchev–Trinajstić information content (AvgIpc) is 2.50. The second kappa shape index (κ2) is 6.26. The molecule has 0 aliphatic rings. The van der Waals surface area contributed by atoms with Crippen LogP contribution in [-0.2, 0) is 0 Å². The van der Waals surface area contributed by atoms with E-state index in [-0.39, 0.29) is 11.3 Å². The fourth-order valence-corrected chi connectivity index (χ4v) is 2.04. The number of nitro groups is 1. The molecule has 0 aromatic heterocycles. The van der Waals surface area contributed by atoms with Crippen molar-refractivity contribution < 1.29 is 14.5 Å². The molecule has 1 amide bonds. The third-order valence-electron chi connectivity index (χ3n) is 3.29. The smallest absolute Gasteiger partial charge is 0.282 e. The van der Waals surface area contributed by atoms with Crippen molar-refractivity contribution in [2.24, 2.45) is 0 Å². The van der Waals surface area contributed by atoms with Crippen molar-refractivity contribution in [3.05, 3.63) is 63.2 Å². The zero-order chi connectivity index (χ0) is 16.3. The summed E-state index contributed by atoms with van der Waals surface area (Å²) in [5.41, 5.74) is 2.20. The number of amides is 1. The first kappa shape index (κ1) is 15.5. The normalized spacial score (nSPS) is 10.1. The van der Waals surface area contributed by atoms with Crippen molar-refractivity contribution in [3.8, 4) is 5.75 Å². The van der Waals surface area contributed by atoms with Crippen LogP contribution in [0.15, 0.2) is 36.4 Å². The molecular formula is C16H16N2O4. The van der Waals surface area contributed by atoms with Gasteiger partial charge < -0.3 is 10.1 Å². The number of ether oxygens (including phenoxy) is 1. The van der Waals surface area contributed by atoms with E-state index in [1.165, 1.54) is 25.3 Å².